The lowest BCUT2D eigenvalue weighted by Gasteiger charge is -2.12. The number of hydrogen-bond acceptors (Lipinski definition) is 5. The number of methoxy groups -OCH3 is 2. The van der Waals surface area contributed by atoms with E-state index in [1.54, 1.807) is 38.5 Å². The van der Waals surface area contributed by atoms with Gasteiger partial charge in [0.25, 0.3) is 5.91 Å². The molecule has 1 amide bonds. The lowest BCUT2D eigenvalue weighted by atomic mass is 10.2. The fourth-order valence-corrected chi connectivity index (χ4v) is 2.23. The molecule has 0 saturated carbocycles. The molecular weight excluding hydrogens is 334 g/mol. The molecule has 0 atom stereocenters. The number of rotatable bonds is 10. The van der Waals surface area contributed by atoms with Gasteiger partial charge in [0.05, 0.1) is 20.8 Å². The van der Waals surface area contributed by atoms with Gasteiger partial charge in [0.1, 0.15) is 11.5 Å². The molecule has 1 N–H and O–H groups in total. The molecule has 0 aliphatic carbocycles. The summed E-state index contributed by atoms with van der Waals surface area (Å²) in [6.07, 6.45) is 0.926. The van der Waals surface area contributed by atoms with Crippen LogP contribution in [0.1, 0.15) is 18.9 Å². The van der Waals surface area contributed by atoms with Gasteiger partial charge in [-0.3, -0.25) is 4.79 Å². The van der Waals surface area contributed by atoms with E-state index in [0.29, 0.717) is 30.4 Å². The van der Waals surface area contributed by atoms with Gasteiger partial charge in [-0.1, -0.05) is 13.0 Å². The van der Waals surface area contributed by atoms with E-state index in [1.807, 2.05) is 25.1 Å². The summed E-state index contributed by atoms with van der Waals surface area (Å²) in [5, 5.41) is 2.82. The first-order valence-electron chi connectivity index (χ1n) is 8.49. The van der Waals surface area contributed by atoms with Gasteiger partial charge in [-0.05, 0) is 48.4 Å². The molecule has 0 heterocycles. The van der Waals surface area contributed by atoms with Crippen molar-refractivity contribution in [3.05, 3.63) is 48.0 Å². The van der Waals surface area contributed by atoms with Crippen LogP contribution in [-0.4, -0.2) is 33.3 Å². The molecule has 2 rings (SSSR count). The van der Waals surface area contributed by atoms with Gasteiger partial charge in [0, 0.05) is 6.54 Å². The first-order valence-corrected chi connectivity index (χ1v) is 8.49. The summed E-state index contributed by atoms with van der Waals surface area (Å²) in [5.74, 6) is 2.50. The van der Waals surface area contributed by atoms with Crippen molar-refractivity contribution in [3.63, 3.8) is 0 Å². The van der Waals surface area contributed by atoms with Gasteiger partial charge in [-0.25, -0.2) is 0 Å². The van der Waals surface area contributed by atoms with Gasteiger partial charge in [-0.2, -0.15) is 0 Å². The number of amides is 1. The fourth-order valence-electron chi connectivity index (χ4n) is 2.23. The van der Waals surface area contributed by atoms with Crippen molar-refractivity contribution in [2.45, 2.75) is 19.9 Å². The molecular formula is C20H25NO5. The van der Waals surface area contributed by atoms with E-state index in [1.165, 1.54) is 0 Å². The number of benzene rings is 2. The Bertz CT molecular complexity index is 700. The molecule has 0 bridgehead atoms. The van der Waals surface area contributed by atoms with E-state index >= 15 is 0 Å². The van der Waals surface area contributed by atoms with Crippen LogP contribution in [-0.2, 0) is 11.3 Å². The first kappa shape index (κ1) is 19.4. The first-order chi connectivity index (χ1) is 12.7. The molecule has 6 heteroatoms. The molecule has 0 saturated heterocycles. The van der Waals surface area contributed by atoms with Crippen LogP contribution < -0.4 is 24.3 Å². The molecule has 2 aromatic carbocycles. The Kier molecular flexibility index (Phi) is 7.61. The average Bonchev–Trinajstić information content (AvgIpc) is 2.69. The Morgan fingerprint density at radius 2 is 1.65 bits per heavy atom. The molecule has 0 radical (unpaired) electrons. The second-order valence-electron chi connectivity index (χ2n) is 5.57. The highest BCUT2D eigenvalue weighted by molar-refractivity contribution is 5.77. The number of carbonyl (C=O) groups excluding carboxylic acids is 1. The van der Waals surface area contributed by atoms with Gasteiger partial charge in [0.15, 0.2) is 18.1 Å². The Hall–Kier alpha value is -2.89. The molecule has 0 fully saturated rings. The van der Waals surface area contributed by atoms with E-state index in [9.17, 15) is 4.79 Å². The van der Waals surface area contributed by atoms with Crippen LogP contribution >= 0.6 is 0 Å². The zero-order chi connectivity index (χ0) is 18.8. The van der Waals surface area contributed by atoms with Crippen molar-refractivity contribution in [1.82, 2.24) is 5.32 Å². The topological polar surface area (TPSA) is 66.0 Å². The lowest BCUT2D eigenvalue weighted by Crippen LogP contribution is -2.28. The molecule has 140 valence electrons. The van der Waals surface area contributed by atoms with Crippen LogP contribution in [0, 0.1) is 0 Å². The van der Waals surface area contributed by atoms with Crippen molar-refractivity contribution in [1.29, 1.82) is 0 Å². The van der Waals surface area contributed by atoms with Crippen LogP contribution in [0.3, 0.4) is 0 Å². The zero-order valence-electron chi connectivity index (χ0n) is 15.4. The van der Waals surface area contributed by atoms with Crippen LogP contribution in [0.2, 0.25) is 0 Å². The Morgan fingerprint density at radius 1 is 0.923 bits per heavy atom. The number of hydrogen-bond donors (Lipinski definition) is 1. The number of nitrogens with one attached hydrogen (secondary N) is 1. The summed E-state index contributed by atoms with van der Waals surface area (Å²) in [5.41, 5.74) is 0.920. The van der Waals surface area contributed by atoms with E-state index in [4.69, 9.17) is 18.9 Å². The van der Waals surface area contributed by atoms with Crippen LogP contribution in [0.25, 0.3) is 0 Å². The summed E-state index contributed by atoms with van der Waals surface area (Å²) >= 11 is 0. The third-order valence-corrected chi connectivity index (χ3v) is 3.61. The number of carbonyl (C=O) groups is 1. The van der Waals surface area contributed by atoms with Crippen molar-refractivity contribution < 1.29 is 23.7 Å². The van der Waals surface area contributed by atoms with Gasteiger partial charge in [0.2, 0.25) is 0 Å². The molecule has 2 aromatic rings. The summed E-state index contributed by atoms with van der Waals surface area (Å²) in [6, 6.07) is 12.7. The largest absolute Gasteiger partial charge is 0.497 e. The predicted molar refractivity (Wildman–Crippen MR) is 99.1 cm³/mol. The quantitative estimate of drug-likeness (QED) is 0.706. The maximum absolute atomic E-state index is 12.0. The Balaban J connectivity index is 1.82. The summed E-state index contributed by atoms with van der Waals surface area (Å²) in [6.45, 7) is 3.01. The molecule has 0 aliphatic heterocycles. The highest BCUT2D eigenvalue weighted by Crippen LogP contribution is 2.28. The second-order valence-corrected chi connectivity index (χ2v) is 5.57. The van der Waals surface area contributed by atoms with Crippen LogP contribution in [0.5, 0.6) is 23.0 Å². The molecule has 0 aromatic heterocycles. The minimum atomic E-state index is -0.203. The third-order valence-electron chi connectivity index (χ3n) is 3.61. The van der Waals surface area contributed by atoms with Crippen molar-refractivity contribution in [2.24, 2.45) is 0 Å². The van der Waals surface area contributed by atoms with E-state index in [2.05, 4.69) is 5.32 Å². The van der Waals surface area contributed by atoms with E-state index < -0.39 is 0 Å². The molecule has 0 aliphatic rings. The van der Waals surface area contributed by atoms with E-state index in [0.717, 1.165) is 17.7 Å². The third kappa shape index (κ3) is 5.88. The second kappa shape index (κ2) is 10.2. The monoisotopic (exact) mass is 359 g/mol. The molecule has 26 heavy (non-hydrogen) atoms. The predicted octanol–water partition coefficient (Wildman–Crippen LogP) is 3.19. The lowest BCUT2D eigenvalue weighted by molar-refractivity contribution is -0.123. The maximum atomic E-state index is 12.0. The Morgan fingerprint density at radius 3 is 2.31 bits per heavy atom. The average molecular weight is 359 g/mol. The highest BCUT2D eigenvalue weighted by Gasteiger charge is 2.08. The van der Waals surface area contributed by atoms with Gasteiger partial charge in [-0.15, -0.1) is 0 Å². The van der Waals surface area contributed by atoms with Gasteiger partial charge >= 0.3 is 0 Å². The van der Waals surface area contributed by atoms with Crippen LogP contribution in [0.15, 0.2) is 42.5 Å². The van der Waals surface area contributed by atoms with Gasteiger partial charge < -0.3 is 24.3 Å². The molecule has 0 spiro atoms. The van der Waals surface area contributed by atoms with Crippen LogP contribution in [0.4, 0.5) is 0 Å². The highest BCUT2D eigenvalue weighted by atomic mass is 16.5. The minimum absolute atomic E-state index is 0.0544. The van der Waals surface area contributed by atoms with E-state index in [-0.39, 0.29) is 12.5 Å². The summed E-state index contributed by atoms with van der Waals surface area (Å²) in [7, 11) is 3.19. The number of ether oxygens (including phenoxy) is 4. The fraction of sp³-hybridized carbons (Fsp3) is 0.350. The normalized spacial score (nSPS) is 10.1. The Labute approximate surface area is 154 Å². The summed E-state index contributed by atoms with van der Waals surface area (Å²) in [4.78, 5) is 12.0. The molecule has 0 unspecified atom stereocenters. The maximum Gasteiger partial charge on any atom is 0.258 e. The van der Waals surface area contributed by atoms with Crippen molar-refractivity contribution in [3.8, 4) is 23.0 Å². The standard InChI is InChI=1S/C20H25NO5/c1-4-11-25-18-10-5-15(12-19(18)24-3)13-21-20(22)14-26-17-8-6-16(23-2)7-9-17/h5-10,12H,4,11,13-14H2,1-3H3,(H,21,22). The smallest absolute Gasteiger partial charge is 0.258 e. The molecule has 6 nitrogen and oxygen atoms in total. The SMILES string of the molecule is CCCOc1ccc(CNC(=O)COc2ccc(OC)cc2)cc1OC. The zero-order valence-corrected chi connectivity index (χ0v) is 15.4. The van der Waals surface area contributed by atoms with Crippen molar-refractivity contribution in [2.75, 3.05) is 27.4 Å². The minimum Gasteiger partial charge on any atom is -0.497 e. The summed E-state index contributed by atoms with van der Waals surface area (Å²) < 4.78 is 21.5. The van der Waals surface area contributed by atoms with Crippen molar-refractivity contribution >= 4 is 5.91 Å².